The van der Waals surface area contributed by atoms with Crippen LogP contribution in [0.3, 0.4) is 0 Å². The Hall–Kier alpha value is -1.02. The highest BCUT2D eigenvalue weighted by Crippen LogP contribution is 2.67. The Bertz CT molecular complexity index is 936. The van der Waals surface area contributed by atoms with Crippen LogP contribution < -0.4 is 0 Å². The summed E-state index contributed by atoms with van der Waals surface area (Å²) in [6, 6.07) is 0. The fraction of sp³-hybridized carbons (Fsp3) is 0.760. The molecule has 0 radical (unpaired) electrons. The molecular weight excluding hydrogens is 396 g/mol. The van der Waals surface area contributed by atoms with Gasteiger partial charge in [0.05, 0.1) is 12.7 Å². The number of hydrogen-bond donors (Lipinski definition) is 4. The van der Waals surface area contributed by atoms with E-state index in [1.165, 1.54) is 11.1 Å². The summed E-state index contributed by atoms with van der Waals surface area (Å²) in [6.45, 7) is 8.74. The van der Waals surface area contributed by atoms with E-state index < -0.39 is 41.7 Å². The Morgan fingerprint density at radius 3 is 2.58 bits per heavy atom. The molecule has 170 valence electrons. The van der Waals surface area contributed by atoms with Crippen molar-refractivity contribution in [3.8, 4) is 0 Å². The zero-order valence-corrected chi connectivity index (χ0v) is 18.7. The van der Waals surface area contributed by atoms with E-state index in [1.807, 2.05) is 6.08 Å². The molecule has 6 nitrogen and oxygen atoms in total. The quantitative estimate of drug-likeness (QED) is 0.474. The molecule has 0 aromatic rings. The van der Waals surface area contributed by atoms with E-state index >= 15 is 0 Å². The molecule has 0 aromatic carbocycles. The topological polar surface area (TPSA) is 99.4 Å². The average molecular weight is 431 g/mol. The summed E-state index contributed by atoms with van der Waals surface area (Å²) in [4.78, 5) is 0. The highest BCUT2D eigenvalue weighted by Gasteiger charge is 2.77. The zero-order chi connectivity index (χ0) is 22.1. The van der Waals surface area contributed by atoms with Gasteiger partial charge in [-0.3, -0.25) is 0 Å². The van der Waals surface area contributed by atoms with Gasteiger partial charge >= 0.3 is 0 Å². The van der Waals surface area contributed by atoms with Crippen LogP contribution in [0.4, 0.5) is 0 Å². The smallest absolute Gasteiger partial charge is 0.190 e. The van der Waals surface area contributed by atoms with Crippen molar-refractivity contribution in [3.05, 3.63) is 34.9 Å². The highest BCUT2D eigenvalue weighted by atomic mass is 16.7. The van der Waals surface area contributed by atoms with Gasteiger partial charge in [-0.1, -0.05) is 51.5 Å². The standard InChI is InChI=1S/C25H34O6/c1-12(2)13-7-8-22(3)9-10-23(4)15(16(13)22)6-5-14-17-19(23)31-21-25(17,29)20(27)24(28,11-30-21)18(14)26/h5,7-8,12,15,17-21,26-29H,6,9-11H2,1-4H3. The zero-order valence-electron chi connectivity index (χ0n) is 18.7. The summed E-state index contributed by atoms with van der Waals surface area (Å²) in [5, 5.41) is 45.0. The molecule has 6 heteroatoms. The fourth-order valence-corrected chi connectivity index (χ4v) is 7.89. The summed E-state index contributed by atoms with van der Waals surface area (Å²) < 4.78 is 12.2. The third kappa shape index (κ3) is 2.15. The number of aliphatic hydroxyl groups excluding tert-OH is 2. The van der Waals surface area contributed by atoms with Crippen LogP contribution in [0.15, 0.2) is 34.9 Å². The Morgan fingerprint density at radius 1 is 1.13 bits per heavy atom. The van der Waals surface area contributed by atoms with Gasteiger partial charge in [0.2, 0.25) is 0 Å². The molecule has 0 spiro atoms. The number of hydrogen-bond acceptors (Lipinski definition) is 6. The molecule has 2 saturated carbocycles. The molecule has 2 saturated heterocycles. The molecule has 6 aliphatic rings. The maximum absolute atomic E-state index is 11.7. The SMILES string of the molecule is CC(C)C1=C2C3CC=C4C(O)C5(O)COC6OC(C4C6(O)C5O)C3(C)CCC2(C)C=C1. The van der Waals surface area contributed by atoms with Crippen LogP contribution in [-0.2, 0) is 9.47 Å². The first-order valence-electron chi connectivity index (χ1n) is 11.7. The molecule has 2 aliphatic heterocycles. The summed E-state index contributed by atoms with van der Waals surface area (Å²) >= 11 is 0. The van der Waals surface area contributed by atoms with Gasteiger partial charge in [-0.15, -0.1) is 0 Å². The third-order valence-corrected chi connectivity index (χ3v) is 9.72. The molecular formula is C25H34O6. The first kappa shape index (κ1) is 20.6. The molecule has 10 atom stereocenters. The van der Waals surface area contributed by atoms with Crippen molar-refractivity contribution in [2.75, 3.05) is 6.61 Å². The Kier molecular flexibility index (Phi) is 3.92. The van der Waals surface area contributed by atoms with Crippen LogP contribution in [0.1, 0.15) is 47.0 Å². The van der Waals surface area contributed by atoms with Crippen LogP contribution in [0.2, 0.25) is 0 Å². The molecule has 2 bridgehead atoms. The first-order chi connectivity index (χ1) is 14.5. The lowest BCUT2D eigenvalue weighted by atomic mass is 9.51. The lowest BCUT2D eigenvalue weighted by Crippen LogP contribution is -2.77. The molecule has 2 heterocycles. The molecule has 0 amide bonds. The van der Waals surface area contributed by atoms with Gasteiger partial charge in [-0.05, 0) is 42.2 Å². The Morgan fingerprint density at radius 2 is 1.87 bits per heavy atom. The minimum Gasteiger partial charge on any atom is -0.387 e. The normalized spacial score (nSPS) is 57.0. The second-order valence-corrected chi connectivity index (χ2v) is 11.6. The minimum atomic E-state index is -1.94. The first-order valence-corrected chi connectivity index (χ1v) is 11.7. The predicted octanol–water partition coefficient (Wildman–Crippen LogP) is 1.83. The van der Waals surface area contributed by atoms with E-state index in [9.17, 15) is 20.4 Å². The molecule has 10 unspecified atom stereocenters. The second kappa shape index (κ2) is 5.91. The maximum atomic E-state index is 11.7. The van der Waals surface area contributed by atoms with Gasteiger partial charge in [-0.2, -0.15) is 0 Å². The second-order valence-electron chi connectivity index (χ2n) is 11.6. The molecule has 0 aromatic heterocycles. The van der Waals surface area contributed by atoms with Crippen molar-refractivity contribution in [3.63, 3.8) is 0 Å². The van der Waals surface area contributed by atoms with Crippen LogP contribution in [0, 0.1) is 28.6 Å². The van der Waals surface area contributed by atoms with Crippen LogP contribution in [0.5, 0.6) is 0 Å². The van der Waals surface area contributed by atoms with Gasteiger partial charge in [0.25, 0.3) is 0 Å². The predicted molar refractivity (Wildman–Crippen MR) is 113 cm³/mol. The van der Waals surface area contributed by atoms with Crippen molar-refractivity contribution < 1.29 is 29.9 Å². The lowest BCUT2D eigenvalue weighted by molar-refractivity contribution is -0.341. The van der Waals surface area contributed by atoms with Gasteiger partial charge in [0.1, 0.15) is 17.8 Å². The average Bonchev–Trinajstić information content (AvgIpc) is 3.20. The van der Waals surface area contributed by atoms with E-state index in [-0.39, 0.29) is 23.4 Å². The molecule has 6 rings (SSSR count). The summed E-state index contributed by atoms with van der Waals surface area (Å²) in [5.74, 6) is -0.0241. The van der Waals surface area contributed by atoms with Crippen molar-refractivity contribution >= 4 is 0 Å². The van der Waals surface area contributed by atoms with E-state index in [2.05, 4.69) is 39.8 Å². The monoisotopic (exact) mass is 430 g/mol. The van der Waals surface area contributed by atoms with Gasteiger partial charge < -0.3 is 29.9 Å². The fourth-order valence-electron chi connectivity index (χ4n) is 7.89. The van der Waals surface area contributed by atoms with Crippen molar-refractivity contribution in [1.82, 2.24) is 0 Å². The number of rotatable bonds is 1. The van der Waals surface area contributed by atoms with Crippen molar-refractivity contribution in [2.24, 2.45) is 28.6 Å². The van der Waals surface area contributed by atoms with E-state index in [0.29, 0.717) is 11.5 Å². The van der Waals surface area contributed by atoms with E-state index in [0.717, 1.165) is 19.3 Å². The van der Waals surface area contributed by atoms with Gasteiger partial charge in [-0.25, -0.2) is 0 Å². The summed E-state index contributed by atoms with van der Waals surface area (Å²) in [5.41, 5.74) is -0.564. The van der Waals surface area contributed by atoms with Crippen LogP contribution in [0.25, 0.3) is 0 Å². The van der Waals surface area contributed by atoms with Crippen LogP contribution >= 0.6 is 0 Å². The molecule has 4 N–H and O–H groups in total. The Balaban J connectivity index is 1.55. The van der Waals surface area contributed by atoms with E-state index in [4.69, 9.17) is 9.47 Å². The number of allylic oxidation sites excluding steroid dienone is 5. The van der Waals surface area contributed by atoms with Gasteiger partial charge in [0.15, 0.2) is 11.9 Å². The van der Waals surface area contributed by atoms with E-state index in [1.54, 1.807) is 0 Å². The maximum Gasteiger partial charge on any atom is 0.190 e. The van der Waals surface area contributed by atoms with Crippen LogP contribution in [-0.4, -0.2) is 62.8 Å². The van der Waals surface area contributed by atoms with Crippen molar-refractivity contribution in [2.45, 2.75) is 82.8 Å². The van der Waals surface area contributed by atoms with Crippen molar-refractivity contribution in [1.29, 1.82) is 0 Å². The third-order valence-electron chi connectivity index (χ3n) is 9.72. The number of ether oxygens (including phenoxy) is 2. The molecule has 31 heavy (non-hydrogen) atoms. The molecule has 4 fully saturated rings. The minimum absolute atomic E-state index is 0.0124. The lowest BCUT2D eigenvalue weighted by Gasteiger charge is -2.56. The largest absolute Gasteiger partial charge is 0.387 e. The summed E-state index contributed by atoms with van der Waals surface area (Å²) in [7, 11) is 0. The number of aliphatic hydroxyl groups is 4. The molecule has 4 aliphatic carbocycles. The van der Waals surface area contributed by atoms with Gasteiger partial charge in [0, 0.05) is 16.7 Å². The number of fused-ring (bicyclic) bond motifs is 5. The highest BCUT2D eigenvalue weighted by molar-refractivity contribution is 5.48. The Labute approximate surface area is 183 Å². The summed E-state index contributed by atoms with van der Waals surface area (Å²) in [6.07, 6.45) is 5.01.